The third kappa shape index (κ3) is 5.89. The molecule has 1 amide bonds. The van der Waals surface area contributed by atoms with E-state index in [0.717, 1.165) is 33.5 Å². The maximum absolute atomic E-state index is 12.2. The van der Waals surface area contributed by atoms with E-state index in [4.69, 9.17) is 4.74 Å². The van der Waals surface area contributed by atoms with E-state index >= 15 is 0 Å². The van der Waals surface area contributed by atoms with Gasteiger partial charge in [0.05, 0.1) is 23.6 Å². The van der Waals surface area contributed by atoms with Crippen molar-refractivity contribution in [2.75, 3.05) is 17.2 Å². The van der Waals surface area contributed by atoms with Crippen molar-refractivity contribution in [1.82, 2.24) is 10.2 Å². The van der Waals surface area contributed by atoms with E-state index in [1.807, 2.05) is 79.7 Å². The average molecular weight is 439 g/mol. The van der Waals surface area contributed by atoms with Gasteiger partial charge in [0.1, 0.15) is 0 Å². The number of anilines is 3. The lowest BCUT2D eigenvalue weighted by molar-refractivity contribution is -0.112. The third-order valence-electron chi connectivity index (χ3n) is 4.95. The number of hydrogen-bond donors (Lipinski definition) is 3. The van der Waals surface area contributed by atoms with E-state index in [2.05, 4.69) is 33.0 Å². The second kappa shape index (κ2) is 10.3. The number of fused-ring (bicyclic) bond motifs is 1. The van der Waals surface area contributed by atoms with Crippen molar-refractivity contribution < 1.29 is 9.53 Å². The number of nitrogens with one attached hydrogen (secondary N) is 3. The number of nitrogens with zero attached hydrogens (tertiary/aromatic N) is 1. The van der Waals surface area contributed by atoms with E-state index in [1.165, 1.54) is 6.08 Å². The first-order valence-electron chi connectivity index (χ1n) is 10.8. The minimum atomic E-state index is -0.229. The summed E-state index contributed by atoms with van der Waals surface area (Å²) < 4.78 is 5.30. The number of carbonyl (C=O) groups is 1. The summed E-state index contributed by atoms with van der Waals surface area (Å²) in [6, 6.07) is 23.8. The fourth-order valence-corrected chi connectivity index (χ4v) is 3.46. The molecule has 0 saturated heterocycles. The Kier molecular flexibility index (Phi) is 6.85. The van der Waals surface area contributed by atoms with Gasteiger partial charge in [0.2, 0.25) is 0 Å². The van der Waals surface area contributed by atoms with Crippen LogP contribution in [0, 0.1) is 0 Å². The van der Waals surface area contributed by atoms with Crippen LogP contribution in [0.3, 0.4) is 0 Å². The van der Waals surface area contributed by atoms with Crippen LogP contribution in [-0.2, 0) is 9.53 Å². The van der Waals surface area contributed by atoms with Gasteiger partial charge in [0, 0.05) is 28.5 Å². The van der Waals surface area contributed by atoms with Gasteiger partial charge in [-0.25, -0.2) is 0 Å². The molecule has 33 heavy (non-hydrogen) atoms. The van der Waals surface area contributed by atoms with E-state index in [-0.39, 0.29) is 5.91 Å². The second-order valence-electron chi connectivity index (χ2n) is 7.50. The number of aromatic amines is 1. The molecule has 6 heteroatoms. The Morgan fingerprint density at radius 2 is 1.76 bits per heavy atom. The Bertz CT molecular complexity index is 1310. The van der Waals surface area contributed by atoms with Gasteiger partial charge in [0.15, 0.2) is 0 Å². The first-order chi connectivity index (χ1) is 16.1. The molecule has 3 N–H and O–H groups in total. The number of rotatable bonds is 8. The summed E-state index contributed by atoms with van der Waals surface area (Å²) in [4.78, 5) is 12.2. The fraction of sp³-hybridized carbons (Fsp3) is 0.111. The summed E-state index contributed by atoms with van der Waals surface area (Å²) in [6.07, 6.45) is 5.50. The summed E-state index contributed by atoms with van der Waals surface area (Å²) in [5.41, 5.74) is 5.43. The van der Waals surface area contributed by atoms with Crippen molar-refractivity contribution in [2.45, 2.75) is 13.8 Å². The molecule has 0 fully saturated rings. The summed E-state index contributed by atoms with van der Waals surface area (Å²) in [5, 5.41) is 14.8. The van der Waals surface area contributed by atoms with Crippen LogP contribution in [-0.4, -0.2) is 22.7 Å². The number of allylic oxidation sites excluding steroid dienone is 1. The quantitative estimate of drug-likeness (QED) is 0.221. The Morgan fingerprint density at radius 3 is 2.58 bits per heavy atom. The zero-order valence-electron chi connectivity index (χ0n) is 18.6. The number of aromatic nitrogens is 2. The van der Waals surface area contributed by atoms with Crippen molar-refractivity contribution in [2.24, 2.45) is 0 Å². The predicted molar refractivity (Wildman–Crippen MR) is 135 cm³/mol. The van der Waals surface area contributed by atoms with Gasteiger partial charge in [-0.15, -0.1) is 0 Å². The molecule has 6 nitrogen and oxygen atoms in total. The van der Waals surface area contributed by atoms with Gasteiger partial charge in [-0.2, -0.15) is 5.10 Å². The molecule has 4 aromatic rings. The standard InChI is InChI=1S/C27H26N4O2/c1-3-33-19(2)16-27(32)29-22-11-7-10-21(17-22)28-23-13-14-24-25(30-31-26(24)18-23)15-12-20-8-5-4-6-9-20/h4-18,28H,3H2,1-2H3,(H,29,32)(H,30,31)/b15-12+,19-16+. The van der Waals surface area contributed by atoms with Gasteiger partial charge in [-0.05, 0) is 61.9 Å². The van der Waals surface area contributed by atoms with E-state index in [0.29, 0.717) is 18.1 Å². The topological polar surface area (TPSA) is 79.0 Å². The van der Waals surface area contributed by atoms with Crippen molar-refractivity contribution in [3.63, 3.8) is 0 Å². The highest BCUT2D eigenvalue weighted by Crippen LogP contribution is 2.25. The van der Waals surface area contributed by atoms with Crippen LogP contribution in [0.5, 0.6) is 0 Å². The predicted octanol–water partition coefficient (Wildman–Crippen LogP) is 6.36. The van der Waals surface area contributed by atoms with E-state index in [1.54, 1.807) is 6.92 Å². The molecule has 1 aromatic heterocycles. The van der Waals surface area contributed by atoms with E-state index < -0.39 is 0 Å². The molecular weight excluding hydrogens is 412 g/mol. The van der Waals surface area contributed by atoms with Crippen LogP contribution in [0.1, 0.15) is 25.1 Å². The van der Waals surface area contributed by atoms with Crippen LogP contribution in [0.15, 0.2) is 84.6 Å². The van der Waals surface area contributed by atoms with Gasteiger partial charge in [-0.1, -0.05) is 42.5 Å². The number of hydrogen-bond acceptors (Lipinski definition) is 4. The largest absolute Gasteiger partial charge is 0.498 e. The Hall–Kier alpha value is -4.32. The van der Waals surface area contributed by atoms with Gasteiger partial charge >= 0.3 is 0 Å². The van der Waals surface area contributed by atoms with Crippen LogP contribution in [0.2, 0.25) is 0 Å². The normalized spacial score (nSPS) is 11.6. The fourth-order valence-electron chi connectivity index (χ4n) is 3.46. The zero-order valence-corrected chi connectivity index (χ0v) is 18.6. The molecule has 0 atom stereocenters. The van der Waals surface area contributed by atoms with Crippen LogP contribution >= 0.6 is 0 Å². The zero-order chi connectivity index (χ0) is 23.0. The lowest BCUT2D eigenvalue weighted by Gasteiger charge is -2.09. The maximum Gasteiger partial charge on any atom is 0.251 e. The monoisotopic (exact) mass is 438 g/mol. The van der Waals surface area contributed by atoms with Crippen LogP contribution < -0.4 is 10.6 Å². The number of amides is 1. The van der Waals surface area contributed by atoms with Crippen LogP contribution in [0.4, 0.5) is 17.1 Å². The molecule has 0 aliphatic rings. The minimum absolute atomic E-state index is 0.229. The number of carbonyl (C=O) groups excluding carboxylic acids is 1. The van der Waals surface area contributed by atoms with Gasteiger partial charge in [0.25, 0.3) is 5.91 Å². The van der Waals surface area contributed by atoms with Gasteiger partial charge < -0.3 is 15.4 Å². The summed E-state index contributed by atoms with van der Waals surface area (Å²) in [7, 11) is 0. The lowest BCUT2D eigenvalue weighted by atomic mass is 10.1. The number of benzene rings is 3. The average Bonchev–Trinajstić information content (AvgIpc) is 3.21. The second-order valence-corrected chi connectivity index (χ2v) is 7.50. The smallest absolute Gasteiger partial charge is 0.251 e. The Morgan fingerprint density at radius 1 is 0.970 bits per heavy atom. The number of ether oxygens (including phenoxy) is 1. The lowest BCUT2D eigenvalue weighted by Crippen LogP contribution is -2.09. The Labute approximate surface area is 193 Å². The highest BCUT2D eigenvalue weighted by molar-refractivity contribution is 6.00. The van der Waals surface area contributed by atoms with Crippen LogP contribution in [0.25, 0.3) is 23.1 Å². The first kappa shape index (κ1) is 21.9. The molecule has 4 rings (SSSR count). The number of H-pyrrole nitrogens is 1. The molecule has 0 unspecified atom stereocenters. The molecular formula is C27H26N4O2. The SMILES string of the molecule is CCO/C(C)=C/C(=O)Nc1cccc(Nc2ccc3c(/C=C/c4ccccc4)n[nH]c3c2)c1. The molecule has 166 valence electrons. The van der Waals surface area contributed by atoms with Crippen molar-refractivity contribution in [3.8, 4) is 0 Å². The summed E-state index contributed by atoms with van der Waals surface area (Å²) >= 11 is 0. The molecule has 3 aromatic carbocycles. The first-order valence-corrected chi connectivity index (χ1v) is 10.8. The van der Waals surface area contributed by atoms with Gasteiger partial charge in [-0.3, -0.25) is 9.89 Å². The summed E-state index contributed by atoms with van der Waals surface area (Å²) in [5.74, 6) is 0.350. The van der Waals surface area contributed by atoms with Crippen molar-refractivity contribution in [1.29, 1.82) is 0 Å². The molecule has 0 aliphatic heterocycles. The molecule has 0 radical (unpaired) electrons. The maximum atomic E-state index is 12.2. The third-order valence-corrected chi connectivity index (χ3v) is 4.95. The Balaban J connectivity index is 1.46. The minimum Gasteiger partial charge on any atom is -0.498 e. The molecule has 0 spiro atoms. The highest BCUT2D eigenvalue weighted by atomic mass is 16.5. The molecule has 1 heterocycles. The van der Waals surface area contributed by atoms with Crippen molar-refractivity contribution >= 4 is 46.0 Å². The van der Waals surface area contributed by atoms with E-state index in [9.17, 15) is 4.79 Å². The van der Waals surface area contributed by atoms with Crippen molar-refractivity contribution in [3.05, 3.63) is 95.9 Å². The molecule has 0 bridgehead atoms. The highest BCUT2D eigenvalue weighted by Gasteiger charge is 2.06. The molecule has 0 aliphatic carbocycles. The summed E-state index contributed by atoms with van der Waals surface area (Å²) in [6.45, 7) is 4.17. The molecule has 0 saturated carbocycles.